The van der Waals surface area contributed by atoms with Gasteiger partial charge in [0.15, 0.2) is 0 Å². The molecule has 0 aliphatic carbocycles. The van der Waals surface area contributed by atoms with E-state index in [1.165, 1.54) is 6.08 Å². The number of carbonyl (C=O) groups is 2. The first-order chi connectivity index (χ1) is 15.8. The molecule has 2 aromatic carbocycles. The molecule has 172 valence electrons. The number of hydrogen-bond donors (Lipinski definition) is 4. The molecular weight excluding hydrogens is 421 g/mol. The Balaban J connectivity index is 1.90. The van der Waals surface area contributed by atoms with Crippen molar-refractivity contribution in [3.05, 3.63) is 71.3 Å². The molecule has 2 amide bonds. The van der Waals surface area contributed by atoms with Gasteiger partial charge in [0.05, 0.1) is 19.0 Å². The standard InChI is InChI=1S/C24H28BN3O5/c1-17(2)27-24(30)20(16-26)13-19-9-6-10-21(14-19)33-12-11-23(29)28-22(25(31)32)15-18-7-4-3-5-8-18/h3-10,13-14,17,22,31-32H,11-12,15H2,1-2H3,(H,27,30)(H,28,29)/t22-/m0/s1. The number of ether oxygens (including phenoxy) is 1. The maximum absolute atomic E-state index is 12.2. The number of amides is 2. The molecule has 33 heavy (non-hydrogen) atoms. The third-order valence-corrected chi connectivity index (χ3v) is 4.56. The lowest BCUT2D eigenvalue weighted by atomic mass is 9.76. The monoisotopic (exact) mass is 449 g/mol. The predicted molar refractivity (Wildman–Crippen MR) is 126 cm³/mol. The van der Waals surface area contributed by atoms with Crippen LogP contribution in [0.3, 0.4) is 0 Å². The number of nitrogens with one attached hydrogen (secondary N) is 2. The van der Waals surface area contributed by atoms with Gasteiger partial charge in [-0.3, -0.25) is 9.59 Å². The van der Waals surface area contributed by atoms with Crippen LogP contribution in [0.4, 0.5) is 0 Å². The summed E-state index contributed by atoms with van der Waals surface area (Å²) in [6.45, 7) is 3.68. The highest BCUT2D eigenvalue weighted by Crippen LogP contribution is 2.16. The smallest absolute Gasteiger partial charge is 0.475 e. The van der Waals surface area contributed by atoms with Crippen molar-refractivity contribution in [1.29, 1.82) is 5.26 Å². The number of nitriles is 1. The second-order valence-corrected chi connectivity index (χ2v) is 7.75. The van der Waals surface area contributed by atoms with Crippen LogP contribution < -0.4 is 15.4 Å². The molecule has 0 bridgehead atoms. The highest BCUT2D eigenvalue weighted by atomic mass is 16.5. The van der Waals surface area contributed by atoms with Crippen molar-refractivity contribution < 1.29 is 24.4 Å². The van der Waals surface area contributed by atoms with Crippen LogP contribution in [0.1, 0.15) is 31.4 Å². The molecule has 0 fully saturated rings. The van der Waals surface area contributed by atoms with Crippen LogP contribution in [0.2, 0.25) is 0 Å². The zero-order chi connectivity index (χ0) is 24.2. The molecule has 2 aromatic rings. The third kappa shape index (κ3) is 9.19. The average Bonchev–Trinajstić information content (AvgIpc) is 2.77. The van der Waals surface area contributed by atoms with Crippen molar-refractivity contribution in [3.63, 3.8) is 0 Å². The van der Waals surface area contributed by atoms with E-state index in [2.05, 4.69) is 10.6 Å². The average molecular weight is 449 g/mol. The minimum absolute atomic E-state index is 0.0122. The summed E-state index contributed by atoms with van der Waals surface area (Å²) in [5.74, 6) is -1.19. The Labute approximate surface area is 194 Å². The molecule has 0 aliphatic rings. The van der Waals surface area contributed by atoms with Crippen molar-refractivity contribution in [2.75, 3.05) is 6.61 Å². The van der Waals surface area contributed by atoms with E-state index >= 15 is 0 Å². The van der Waals surface area contributed by atoms with Gasteiger partial charge in [-0.15, -0.1) is 0 Å². The maximum atomic E-state index is 12.2. The summed E-state index contributed by atoms with van der Waals surface area (Å²) in [4.78, 5) is 24.3. The molecule has 4 N–H and O–H groups in total. The second kappa shape index (κ2) is 13.1. The fraction of sp³-hybridized carbons (Fsp3) is 0.292. The van der Waals surface area contributed by atoms with Gasteiger partial charge in [-0.2, -0.15) is 5.26 Å². The van der Waals surface area contributed by atoms with Crippen LogP contribution in [0.15, 0.2) is 60.2 Å². The number of benzene rings is 2. The van der Waals surface area contributed by atoms with Crippen LogP contribution in [0, 0.1) is 11.3 Å². The zero-order valence-corrected chi connectivity index (χ0v) is 18.7. The van der Waals surface area contributed by atoms with Crippen LogP contribution >= 0.6 is 0 Å². The minimum atomic E-state index is -1.69. The summed E-state index contributed by atoms with van der Waals surface area (Å²) < 4.78 is 5.62. The van der Waals surface area contributed by atoms with Crippen molar-refractivity contribution in [2.24, 2.45) is 0 Å². The van der Waals surface area contributed by atoms with E-state index in [0.717, 1.165) is 5.56 Å². The Bertz CT molecular complexity index is 1000. The lowest BCUT2D eigenvalue weighted by molar-refractivity contribution is -0.122. The summed E-state index contributed by atoms with van der Waals surface area (Å²) in [7, 11) is -1.69. The fourth-order valence-electron chi connectivity index (χ4n) is 2.99. The van der Waals surface area contributed by atoms with E-state index in [1.807, 2.05) is 50.2 Å². The molecule has 0 saturated heterocycles. The highest BCUT2D eigenvalue weighted by Gasteiger charge is 2.25. The topological polar surface area (TPSA) is 132 Å². The molecule has 0 aromatic heterocycles. The fourth-order valence-corrected chi connectivity index (χ4v) is 2.99. The van der Waals surface area contributed by atoms with Crippen molar-refractivity contribution in [3.8, 4) is 11.8 Å². The Morgan fingerprint density at radius 1 is 1.12 bits per heavy atom. The Morgan fingerprint density at radius 2 is 1.85 bits per heavy atom. The maximum Gasteiger partial charge on any atom is 0.475 e. The van der Waals surface area contributed by atoms with Gasteiger partial charge in [-0.1, -0.05) is 42.5 Å². The van der Waals surface area contributed by atoms with Gasteiger partial charge in [0.2, 0.25) is 5.91 Å². The number of rotatable bonds is 11. The van der Waals surface area contributed by atoms with E-state index in [-0.39, 0.29) is 37.0 Å². The summed E-state index contributed by atoms with van der Waals surface area (Å²) in [5, 5.41) is 33.7. The Morgan fingerprint density at radius 3 is 2.48 bits per heavy atom. The number of carbonyl (C=O) groups excluding carboxylic acids is 2. The number of nitrogens with zero attached hydrogens (tertiary/aromatic N) is 1. The molecule has 0 saturated carbocycles. The first-order valence-electron chi connectivity index (χ1n) is 10.6. The lowest BCUT2D eigenvalue weighted by Gasteiger charge is -2.18. The van der Waals surface area contributed by atoms with Crippen LogP contribution in [-0.2, 0) is 16.0 Å². The Hall–Kier alpha value is -3.61. The molecule has 0 heterocycles. The largest absolute Gasteiger partial charge is 0.493 e. The van der Waals surface area contributed by atoms with E-state index in [1.54, 1.807) is 24.3 Å². The van der Waals surface area contributed by atoms with Crippen molar-refractivity contribution in [2.45, 2.75) is 38.7 Å². The highest BCUT2D eigenvalue weighted by molar-refractivity contribution is 6.43. The molecule has 0 spiro atoms. The molecule has 9 heteroatoms. The SMILES string of the molecule is CC(C)NC(=O)C(C#N)=Cc1cccc(OCCC(=O)N[C@@H](Cc2ccccc2)B(O)O)c1. The van der Waals surface area contributed by atoms with E-state index < -0.39 is 19.0 Å². The van der Waals surface area contributed by atoms with Gasteiger partial charge in [0.1, 0.15) is 17.4 Å². The quantitative estimate of drug-likeness (QED) is 0.234. The second-order valence-electron chi connectivity index (χ2n) is 7.75. The molecule has 0 radical (unpaired) electrons. The third-order valence-electron chi connectivity index (χ3n) is 4.56. The van der Waals surface area contributed by atoms with E-state index in [0.29, 0.717) is 11.3 Å². The zero-order valence-electron chi connectivity index (χ0n) is 18.7. The Kier molecular flexibility index (Phi) is 10.2. The summed E-state index contributed by atoms with van der Waals surface area (Å²) in [6, 6.07) is 17.8. The normalized spacial score (nSPS) is 11.9. The summed E-state index contributed by atoms with van der Waals surface area (Å²) in [5.41, 5.74) is 1.46. The predicted octanol–water partition coefficient (Wildman–Crippen LogP) is 1.63. The van der Waals surface area contributed by atoms with Gasteiger partial charge in [0, 0.05) is 6.04 Å². The van der Waals surface area contributed by atoms with E-state index in [9.17, 15) is 24.9 Å². The summed E-state index contributed by atoms with van der Waals surface area (Å²) in [6.07, 6.45) is 1.76. The molecule has 0 aliphatic heterocycles. The van der Waals surface area contributed by atoms with Gasteiger partial charge in [0.25, 0.3) is 5.91 Å². The summed E-state index contributed by atoms with van der Waals surface area (Å²) >= 11 is 0. The minimum Gasteiger partial charge on any atom is -0.493 e. The van der Waals surface area contributed by atoms with E-state index in [4.69, 9.17) is 4.74 Å². The van der Waals surface area contributed by atoms with Gasteiger partial charge in [-0.05, 0) is 49.6 Å². The lowest BCUT2D eigenvalue weighted by Crippen LogP contribution is -2.48. The van der Waals surface area contributed by atoms with Gasteiger partial charge < -0.3 is 25.4 Å². The molecule has 0 unspecified atom stereocenters. The first kappa shape index (κ1) is 25.7. The van der Waals surface area contributed by atoms with Crippen molar-refractivity contribution >= 4 is 25.0 Å². The van der Waals surface area contributed by atoms with Crippen LogP contribution in [0.5, 0.6) is 5.75 Å². The van der Waals surface area contributed by atoms with Crippen molar-refractivity contribution in [1.82, 2.24) is 10.6 Å². The van der Waals surface area contributed by atoms with Gasteiger partial charge >= 0.3 is 7.12 Å². The first-order valence-corrected chi connectivity index (χ1v) is 10.6. The van der Waals surface area contributed by atoms with Crippen LogP contribution in [-0.4, -0.2) is 47.6 Å². The number of hydrogen-bond acceptors (Lipinski definition) is 6. The van der Waals surface area contributed by atoms with Gasteiger partial charge in [-0.25, -0.2) is 0 Å². The molecule has 8 nitrogen and oxygen atoms in total. The molecular formula is C24H28BN3O5. The molecule has 2 rings (SSSR count). The molecule has 1 atom stereocenters. The van der Waals surface area contributed by atoms with Crippen LogP contribution in [0.25, 0.3) is 6.08 Å².